The number of aromatic nitrogens is 2. The summed E-state index contributed by atoms with van der Waals surface area (Å²) in [5.74, 6) is 0.360. The second-order valence-corrected chi connectivity index (χ2v) is 7.07. The van der Waals surface area contributed by atoms with E-state index in [2.05, 4.69) is 9.97 Å². The minimum absolute atomic E-state index is 0.170. The lowest BCUT2D eigenvalue weighted by atomic mass is 9.94. The number of allylic oxidation sites excluding steroid dienone is 2. The van der Waals surface area contributed by atoms with Gasteiger partial charge in [-0.3, -0.25) is 0 Å². The molecule has 0 aliphatic carbocycles. The number of hydrogen-bond acceptors (Lipinski definition) is 4. The standard InChI is InChI=1S/C24H22N2O2/c1-4-16(20-12-11-18-8-6-15(3)26-22(18)24(20)28)13-19-10-9-17-7-5-14(2)25-21(17)23(19)27/h4-12,27-28H,13H2,1-3H3. The first-order valence-electron chi connectivity index (χ1n) is 9.31. The molecule has 4 heteroatoms. The van der Waals surface area contributed by atoms with Gasteiger partial charge in [0.1, 0.15) is 22.5 Å². The maximum absolute atomic E-state index is 10.9. The van der Waals surface area contributed by atoms with Crippen LogP contribution in [0.25, 0.3) is 27.4 Å². The third-order valence-electron chi connectivity index (χ3n) is 5.11. The number of rotatable bonds is 3. The summed E-state index contributed by atoms with van der Waals surface area (Å²) in [7, 11) is 0. The quantitative estimate of drug-likeness (QED) is 0.503. The summed E-state index contributed by atoms with van der Waals surface area (Å²) in [5.41, 5.74) is 5.34. The van der Waals surface area contributed by atoms with E-state index in [1.807, 2.05) is 75.4 Å². The summed E-state index contributed by atoms with van der Waals surface area (Å²) < 4.78 is 0. The van der Waals surface area contributed by atoms with Gasteiger partial charge in [-0.25, -0.2) is 9.97 Å². The van der Waals surface area contributed by atoms with Crippen molar-refractivity contribution >= 4 is 27.4 Å². The summed E-state index contributed by atoms with van der Waals surface area (Å²) in [6, 6.07) is 15.5. The van der Waals surface area contributed by atoms with Crippen LogP contribution in [0, 0.1) is 13.8 Å². The summed E-state index contributed by atoms with van der Waals surface area (Å²) >= 11 is 0. The Kier molecular flexibility index (Phi) is 4.47. The van der Waals surface area contributed by atoms with Crippen molar-refractivity contribution in [3.05, 3.63) is 77.1 Å². The molecule has 140 valence electrons. The predicted octanol–water partition coefficient (Wildman–Crippen LogP) is 5.46. The number of hydrogen-bond donors (Lipinski definition) is 2. The van der Waals surface area contributed by atoms with E-state index in [9.17, 15) is 10.2 Å². The summed E-state index contributed by atoms with van der Waals surface area (Å²) in [5, 5.41) is 23.4. The lowest BCUT2D eigenvalue weighted by Crippen LogP contribution is -1.95. The van der Waals surface area contributed by atoms with Crippen molar-refractivity contribution in [2.75, 3.05) is 0 Å². The number of aryl methyl sites for hydroxylation is 2. The van der Waals surface area contributed by atoms with Crippen molar-refractivity contribution in [3.8, 4) is 11.5 Å². The van der Waals surface area contributed by atoms with Crippen LogP contribution in [0.1, 0.15) is 29.4 Å². The Balaban J connectivity index is 1.79. The minimum atomic E-state index is 0.170. The van der Waals surface area contributed by atoms with Gasteiger partial charge in [-0.1, -0.05) is 42.5 Å². The van der Waals surface area contributed by atoms with E-state index in [4.69, 9.17) is 0 Å². The van der Waals surface area contributed by atoms with E-state index in [0.717, 1.165) is 38.9 Å². The monoisotopic (exact) mass is 370 g/mol. The van der Waals surface area contributed by atoms with Gasteiger partial charge in [-0.15, -0.1) is 0 Å². The van der Waals surface area contributed by atoms with E-state index in [-0.39, 0.29) is 11.5 Å². The second kappa shape index (κ2) is 6.97. The van der Waals surface area contributed by atoms with E-state index in [1.54, 1.807) is 0 Å². The molecule has 0 radical (unpaired) electrons. The van der Waals surface area contributed by atoms with Crippen LogP contribution in [0.5, 0.6) is 11.5 Å². The molecule has 0 fully saturated rings. The third kappa shape index (κ3) is 3.07. The second-order valence-electron chi connectivity index (χ2n) is 7.07. The highest BCUT2D eigenvalue weighted by molar-refractivity contribution is 5.91. The molecule has 0 aliphatic rings. The molecule has 0 saturated carbocycles. The highest BCUT2D eigenvalue weighted by Gasteiger charge is 2.15. The number of phenolic OH excluding ortho intramolecular Hbond substituents is 2. The molecule has 2 heterocycles. The van der Waals surface area contributed by atoms with Crippen LogP contribution in [-0.2, 0) is 6.42 Å². The molecule has 0 saturated heterocycles. The zero-order chi connectivity index (χ0) is 19.8. The molecule has 0 atom stereocenters. The van der Waals surface area contributed by atoms with Crippen LogP contribution in [0.2, 0.25) is 0 Å². The number of pyridine rings is 2. The molecule has 0 aliphatic heterocycles. The van der Waals surface area contributed by atoms with Crippen molar-refractivity contribution in [1.29, 1.82) is 0 Å². The summed E-state index contributed by atoms with van der Waals surface area (Å²) in [6.07, 6.45) is 2.45. The molecule has 2 N–H and O–H groups in total. The zero-order valence-electron chi connectivity index (χ0n) is 16.2. The molecule has 4 aromatic rings. The average molecular weight is 370 g/mol. The third-order valence-corrected chi connectivity index (χ3v) is 5.11. The molecule has 0 bridgehead atoms. The Labute approximate surface area is 163 Å². The first-order valence-corrected chi connectivity index (χ1v) is 9.31. The van der Waals surface area contributed by atoms with E-state index >= 15 is 0 Å². The van der Waals surface area contributed by atoms with Gasteiger partial charge < -0.3 is 10.2 Å². The van der Waals surface area contributed by atoms with Crippen molar-refractivity contribution < 1.29 is 10.2 Å². The molecular weight excluding hydrogens is 348 g/mol. The van der Waals surface area contributed by atoms with Gasteiger partial charge in [-0.05, 0) is 38.5 Å². The lowest BCUT2D eigenvalue weighted by Gasteiger charge is -2.14. The van der Waals surface area contributed by atoms with E-state index in [0.29, 0.717) is 17.5 Å². The Morgan fingerprint density at radius 1 is 0.786 bits per heavy atom. The Morgan fingerprint density at radius 2 is 1.32 bits per heavy atom. The van der Waals surface area contributed by atoms with Crippen LogP contribution >= 0.6 is 0 Å². The highest BCUT2D eigenvalue weighted by Crippen LogP contribution is 2.36. The molecule has 28 heavy (non-hydrogen) atoms. The molecule has 0 spiro atoms. The molecule has 2 aromatic carbocycles. The maximum atomic E-state index is 10.9. The van der Waals surface area contributed by atoms with Crippen LogP contribution in [0.3, 0.4) is 0 Å². The Hall–Kier alpha value is -3.40. The van der Waals surface area contributed by atoms with Gasteiger partial charge in [-0.2, -0.15) is 0 Å². The van der Waals surface area contributed by atoms with Crippen LogP contribution in [0.15, 0.2) is 54.6 Å². The SMILES string of the molecule is CC=C(Cc1ccc2ccc(C)nc2c1O)c1ccc2ccc(C)nc2c1O. The van der Waals surface area contributed by atoms with Crippen molar-refractivity contribution in [3.63, 3.8) is 0 Å². The first kappa shape index (κ1) is 18.0. The molecule has 2 aromatic heterocycles. The summed E-state index contributed by atoms with van der Waals surface area (Å²) in [6.45, 7) is 5.75. The fourth-order valence-electron chi connectivity index (χ4n) is 3.54. The summed E-state index contributed by atoms with van der Waals surface area (Å²) in [4.78, 5) is 8.97. The zero-order valence-corrected chi connectivity index (χ0v) is 16.2. The average Bonchev–Trinajstić information content (AvgIpc) is 2.69. The molecule has 0 amide bonds. The van der Waals surface area contributed by atoms with Gasteiger partial charge in [0.05, 0.1) is 0 Å². The molecule has 4 nitrogen and oxygen atoms in total. The smallest absolute Gasteiger partial charge is 0.149 e. The molecule has 4 rings (SSSR count). The van der Waals surface area contributed by atoms with Crippen molar-refractivity contribution in [1.82, 2.24) is 9.97 Å². The van der Waals surface area contributed by atoms with Gasteiger partial charge in [0.15, 0.2) is 0 Å². The molecular formula is C24H22N2O2. The van der Waals surface area contributed by atoms with Gasteiger partial charge in [0.25, 0.3) is 0 Å². The largest absolute Gasteiger partial charge is 0.505 e. The topological polar surface area (TPSA) is 66.2 Å². The van der Waals surface area contributed by atoms with E-state index < -0.39 is 0 Å². The number of nitrogens with zero attached hydrogens (tertiary/aromatic N) is 2. The number of phenols is 2. The highest BCUT2D eigenvalue weighted by atomic mass is 16.3. The van der Waals surface area contributed by atoms with E-state index in [1.165, 1.54) is 0 Å². The van der Waals surface area contributed by atoms with Crippen LogP contribution < -0.4 is 0 Å². The lowest BCUT2D eigenvalue weighted by molar-refractivity contribution is 0.473. The molecule has 0 unspecified atom stereocenters. The predicted molar refractivity (Wildman–Crippen MR) is 114 cm³/mol. The van der Waals surface area contributed by atoms with Crippen LogP contribution in [-0.4, -0.2) is 20.2 Å². The first-order chi connectivity index (χ1) is 13.5. The van der Waals surface area contributed by atoms with Crippen molar-refractivity contribution in [2.45, 2.75) is 27.2 Å². The minimum Gasteiger partial charge on any atom is -0.505 e. The Morgan fingerprint density at radius 3 is 1.93 bits per heavy atom. The van der Waals surface area contributed by atoms with Gasteiger partial charge in [0.2, 0.25) is 0 Å². The number of fused-ring (bicyclic) bond motifs is 2. The van der Waals surface area contributed by atoms with Gasteiger partial charge >= 0.3 is 0 Å². The van der Waals surface area contributed by atoms with Crippen molar-refractivity contribution in [2.24, 2.45) is 0 Å². The normalized spacial score (nSPS) is 12.0. The number of aromatic hydroxyl groups is 2. The maximum Gasteiger partial charge on any atom is 0.149 e. The van der Waals surface area contributed by atoms with Gasteiger partial charge in [0, 0.05) is 39.7 Å². The van der Waals surface area contributed by atoms with Crippen LogP contribution in [0.4, 0.5) is 0 Å². The fourth-order valence-corrected chi connectivity index (χ4v) is 3.54. The Bertz CT molecular complexity index is 1240. The number of benzene rings is 2. The fraction of sp³-hybridized carbons (Fsp3) is 0.167.